The van der Waals surface area contributed by atoms with Gasteiger partial charge in [-0.05, 0) is 41.0 Å². The molecule has 0 saturated carbocycles. The SMILES string of the molecule is NCCCNC(=O)Nc1c(Br)cccc1C(=O)O. The maximum absolute atomic E-state index is 11.5. The third-order valence-corrected chi connectivity index (χ3v) is 2.81. The quantitative estimate of drug-likeness (QED) is 0.620. The predicted octanol–water partition coefficient (Wildman–Crippen LogP) is 1.62. The Labute approximate surface area is 113 Å². The largest absolute Gasteiger partial charge is 0.478 e. The van der Waals surface area contributed by atoms with Crippen LogP contribution in [0.5, 0.6) is 0 Å². The number of anilines is 1. The molecule has 5 N–H and O–H groups in total. The summed E-state index contributed by atoms with van der Waals surface area (Å²) >= 11 is 3.20. The maximum Gasteiger partial charge on any atom is 0.337 e. The Morgan fingerprint density at radius 1 is 1.39 bits per heavy atom. The van der Waals surface area contributed by atoms with Crippen LogP contribution in [0.3, 0.4) is 0 Å². The highest BCUT2D eigenvalue weighted by Gasteiger charge is 2.14. The Balaban J connectivity index is 2.77. The molecule has 0 heterocycles. The molecule has 18 heavy (non-hydrogen) atoms. The number of carboxylic acids is 1. The van der Waals surface area contributed by atoms with Gasteiger partial charge in [0.2, 0.25) is 0 Å². The third kappa shape index (κ3) is 4.01. The normalized spacial score (nSPS) is 9.89. The molecular weight excluding hydrogens is 302 g/mol. The smallest absolute Gasteiger partial charge is 0.337 e. The van der Waals surface area contributed by atoms with Crippen LogP contribution >= 0.6 is 15.9 Å². The zero-order valence-corrected chi connectivity index (χ0v) is 11.2. The van der Waals surface area contributed by atoms with Gasteiger partial charge < -0.3 is 21.5 Å². The minimum Gasteiger partial charge on any atom is -0.478 e. The van der Waals surface area contributed by atoms with Gasteiger partial charge in [-0.15, -0.1) is 0 Å². The minimum atomic E-state index is -1.10. The number of nitrogens with two attached hydrogens (primary N) is 1. The summed E-state index contributed by atoms with van der Waals surface area (Å²) in [4.78, 5) is 22.5. The van der Waals surface area contributed by atoms with Crippen LogP contribution in [0, 0.1) is 0 Å². The lowest BCUT2D eigenvalue weighted by Crippen LogP contribution is -2.31. The molecule has 2 amide bonds. The first-order valence-corrected chi connectivity index (χ1v) is 6.12. The van der Waals surface area contributed by atoms with E-state index >= 15 is 0 Å². The van der Waals surface area contributed by atoms with E-state index in [1.165, 1.54) is 6.07 Å². The van der Waals surface area contributed by atoms with Gasteiger partial charge in [0, 0.05) is 11.0 Å². The minimum absolute atomic E-state index is 0.0262. The second kappa shape index (κ2) is 6.97. The number of carbonyl (C=O) groups is 2. The van der Waals surface area contributed by atoms with E-state index in [4.69, 9.17) is 10.8 Å². The number of hydrogen-bond donors (Lipinski definition) is 4. The van der Waals surface area contributed by atoms with Gasteiger partial charge in [0.25, 0.3) is 0 Å². The number of benzene rings is 1. The standard InChI is InChI=1S/C11H14BrN3O3/c12-8-4-1-3-7(10(16)17)9(8)15-11(18)14-6-2-5-13/h1,3-4H,2,5-6,13H2,(H,16,17)(H2,14,15,18). The molecule has 0 aliphatic rings. The van der Waals surface area contributed by atoms with Crippen LogP contribution in [0.2, 0.25) is 0 Å². The van der Waals surface area contributed by atoms with E-state index in [1.807, 2.05) is 0 Å². The first-order valence-electron chi connectivity index (χ1n) is 5.33. The Morgan fingerprint density at radius 2 is 2.11 bits per heavy atom. The third-order valence-electron chi connectivity index (χ3n) is 2.15. The number of hydrogen-bond acceptors (Lipinski definition) is 3. The van der Waals surface area contributed by atoms with Gasteiger partial charge in [0.05, 0.1) is 11.3 Å². The van der Waals surface area contributed by atoms with Crippen molar-refractivity contribution < 1.29 is 14.7 Å². The van der Waals surface area contributed by atoms with Crippen LogP contribution in [-0.4, -0.2) is 30.2 Å². The summed E-state index contributed by atoms with van der Waals surface area (Å²) in [6, 6.07) is 4.20. The summed E-state index contributed by atoms with van der Waals surface area (Å²) in [6.07, 6.45) is 0.662. The average Bonchev–Trinajstić information content (AvgIpc) is 2.31. The fourth-order valence-electron chi connectivity index (χ4n) is 1.29. The fourth-order valence-corrected chi connectivity index (χ4v) is 1.76. The Kier molecular flexibility index (Phi) is 5.60. The lowest BCUT2D eigenvalue weighted by molar-refractivity contribution is 0.0698. The van der Waals surface area contributed by atoms with E-state index in [0.29, 0.717) is 24.0 Å². The Morgan fingerprint density at radius 3 is 2.72 bits per heavy atom. The number of carbonyl (C=O) groups excluding carboxylic acids is 1. The molecule has 0 aromatic heterocycles. The summed E-state index contributed by atoms with van der Waals surface area (Å²) < 4.78 is 0.511. The second-order valence-corrected chi connectivity index (χ2v) is 4.35. The molecule has 7 heteroatoms. The van der Waals surface area contributed by atoms with Crippen molar-refractivity contribution in [2.75, 3.05) is 18.4 Å². The summed E-state index contributed by atoms with van der Waals surface area (Å²) in [6.45, 7) is 0.922. The maximum atomic E-state index is 11.5. The molecule has 0 atom stereocenters. The first kappa shape index (κ1) is 14.5. The van der Waals surface area contributed by atoms with Gasteiger partial charge in [-0.1, -0.05) is 6.07 Å². The molecule has 0 fully saturated rings. The monoisotopic (exact) mass is 315 g/mol. The summed E-state index contributed by atoms with van der Waals surface area (Å²) in [5, 5.41) is 14.1. The second-order valence-electron chi connectivity index (χ2n) is 3.49. The highest BCUT2D eigenvalue weighted by atomic mass is 79.9. The van der Waals surface area contributed by atoms with Crippen molar-refractivity contribution in [3.63, 3.8) is 0 Å². The van der Waals surface area contributed by atoms with Gasteiger partial charge in [0.1, 0.15) is 0 Å². The van der Waals surface area contributed by atoms with Gasteiger partial charge in [-0.25, -0.2) is 9.59 Å². The van der Waals surface area contributed by atoms with Crippen molar-refractivity contribution in [3.8, 4) is 0 Å². The van der Waals surface area contributed by atoms with Crippen molar-refractivity contribution >= 4 is 33.6 Å². The Hall–Kier alpha value is -1.60. The van der Waals surface area contributed by atoms with Crippen molar-refractivity contribution in [3.05, 3.63) is 28.2 Å². The van der Waals surface area contributed by atoms with Crippen LogP contribution in [0.1, 0.15) is 16.8 Å². The number of aromatic carboxylic acids is 1. The van der Waals surface area contributed by atoms with Gasteiger partial charge in [-0.3, -0.25) is 0 Å². The summed E-state index contributed by atoms with van der Waals surface area (Å²) in [5.74, 6) is -1.10. The highest BCUT2D eigenvalue weighted by molar-refractivity contribution is 9.10. The molecule has 0 unspecified atom stereocenters. The molecule has 0 saturated heterocycles. The van der Waals surface area contributed by atoms with Gasteiger partial charge >= 0.3 is 12.0 Å². The van der Waals surface area contributed by atoms with Crippen molar-refractivity contribution in [2.45, 2.75) is 6.42 Å². The van der Waals surface area contributed by atoms with E-state index in [-0.39, 0.29) is 11.3 Å². The zero-order valence-electron chi connectivity index (χ0n) is 9.57. The number of nitrogens with one attached hydrogen (secondary N) is 2. The lowest BCUT2D eigenvalue weighted by atomic mass is 10.2. The van der Waals surface area contributed by atoms with Crippen molar-refractivity contribution in [2.24, 2.45) is 5.73 Å². The predicted molar refractivity (Wildman–Crippen MR) is 71.8 cm³/mol. The Bertz CT molecular complexity index is 451. The number of para-hydroxylation sites is 1. The number of carboxylic acid groups (broad SMARTS) is 1. The zero-order chi connectivity index (χ0) is 13.5. The van der Waals surface area contributed by atoms with Crippen LogP contribution in [-0.2, 0) is 0 Å². The van der Waals surface area contributed by atoms with E-state index in [0.717, 1.165) is 0 Å². The topological polar surface area (TPSA) is 104 Å². The molecule has 98 valence electrons. The van der Waals surface area contributed by atoms with E-state index < -0.39 is 12.0 Å². The number of rotatable bonds is 5. The number of amides is 2. The van der Waals surface area contributed by atoms with E-state index in [9.17, 15) is 9.59 Å². The highest BCUT2D eigenvalue weighted by Crippen LogP contribution is 2.26. The van der Waals surface area contributed by atoms with Crippen molar-refractivity contribution in [1.82, 2.24) is 5.32 Å². The average molecular weight is 316 g/mol. The molecule has 1 aromatic carbocycles. The summed E-state index contributed by atoms with van der Waals surface area (Å²) in [7, 11) is 0. The first-order chi connectivity index (χ1) is 8.56. The molecule has 0 aliphatic heterocycles. The summed E-state index contributed by atoms with van der Waals surface area (Å²) in [5.41, 5.74) is 5.56. The molecule has 0 bridgehead atoms. The van der Waals surface area contributed by atoms with Crippen molar-refractivity contribution in [1.29, 1.82) is 0 Å². The van der Waals surface area contributed by atoms with Crippen LogP contribution in [0.4, 0.5) is 10.5 Å². The van der Waals surface area contributed by atoms with Gasteiger partial charge in [-0.2, -0.15) is 0 Å². The molecule has 0 spiro atoms. The molecular formula is C11H14BrN3O3. The number of urea groups is 1. The number of halogens is 1. The van der Waals surface area contributed by atoms with E-state index in [2.05, 4.69) is 26.6 Å². The van der Waals surface area contributed by atoms with Crippen LogP contribution in [0.25, 0.3) is 0 Å². The molecule has 0 aliphatic carbocycles. The molecule has 6 nitrogen and oxygen atoms in total. The molecule has 0 radical (unpaired) electrons. The molecule has 1 rings (SSSR count). The van der Waals surface area contributed by atoms with Gasteiger partial charge in [0.15, 0.2) is 0 Å². The fraction of sp³-hybridized carbons (Fsp3) is 0.273. The molecule has 1 aromatic rings. The van der Waals surface area contributed by atoms with Crippen LogP contribution < -0.4 is 16.4 Å². The van der Waals surface area contributed by atoms with Crippen LogP contribution in [0.15, 0.2) is 22.7 Å². The lowest BCUT2D eigenvalue weighted by Gasteiger charge is -2.11. The van der Waals surface area contributed by atoms with E-state index in [1.54, 1.807) is 12.1 Å².